The second-order valence-corrected chi connectivity index (χ2v) is 12.1. The van der Waals surface area contributed by atoms with Gasteiger partial charge in [-0.3, -0.25) is 14.6 Å². The van der Waals surface area contributed by atoms with E-state index in [-0.39, 0.29) is 29.1 Å². The summed E-state index contributed by atoms with van der Waals surface area (Å²) >= 11 is 0. The number of amides is 1. The van der Waals surface area contributed by atoms with Crippen LogP contribution >= 0.6 is 0 Å². The lowest BCUT2D eigenvalue weighted by Gasteiger charge is -2.55. The number of aliphatic carboxylic acids is 2. The maximum Gasteiger partial charge on any atom is 0.490 e. The van der Waals surface area contributed by atoms with E-state index in [1.54, 1.807) is 25.9 Å². The molecule has 0 aromatic carbocycles. The first kappa shape index (κ1) is 34.8. The minimum absolute atomic E-state index is 0.112. The standard InChI is InChI=1S/C17H31N3O4S.2C2HF3O2/c1-4-25(22,23)8-7-19-11-17(12-19)13-20(9-14-5-6-14)15(10-24-17)16(21)18(2)3;2*3-2(4,5)1(6)7/h14-15H,4-13H2,1-3H3;2*(H,6,7). The van der Waals surface area contributed by atoms with Crippen molar-refractivity contribution in [3.63, 3.8) is 0 Å². The number of hydrogen-bond acceptors (Lipinski definition) is 8. The first-order chi connectivity index (χ1) is 17.6. The number of rotatable bonds is 7. The Labute approximate surface area is 221 Å². The fourth-order valence-corrected chi connectivity index (χ4v) is 4.59. The van der Waals surface area contributed by atoms with Crippen molar-refractivity contribution in [3.8, 4) is 0 Å². The highest BCUT2D eigenvalue weighted by Gasteiger charge is 2.51. The Morgan fingerprint density at radius 3 is 1.79 bits per heavy atom. The van der Waals surface area contributed by atoms with Gasteiger partial charge in [-0.2, -0.15) is 26.3 Å². The molecule has 1 aliphatic carbocycles. The van der Waals surface area contributed by atoms with Crippen LogP contribution in [0.5, 0.6) is 0 Å². The highest BCUT2D eigenvalue weighted by molar-refractivity contribution is 7.91. The van der Waals surface area contributed by atoms with Crippen LogP contribution in [0.2, 0.25) is 0 Å². The Balaban J connectivity index is 0.000000449. The molecule has 2 aliphatic heterocycles. The number of carbonyl (C=O) groups is 3. The first-order valence-electron chi connectivity index (χ1n) is 11.7. The molecule has 18 heteroatoms. The van der Waals surface area contributed by atoms with Crippen LogP contribution in [0.3, 0.4) is 0 Å². The van der Waals surface area contributed by atoms with Crippen LogP contribution in [0.15, 0.2) is 0 Å². The zero-order chi connectivity index (χ0) is 30.4. The van der Waals surface area contributed by atoms with Crippen molar-refractivity contribution < 1.29 is 64.1 Å². The largest absolute Gasteiger partial charge is 0.490 e. The molecule has 39 heavy (non-hydrogen) atoms. The number of nitrogens with zero attached hydrogens (tertiary/aromatic N) is 3. The fraction of sp³-hybridized carbons (Fsp3) is 0.857. The first-order valence-corrected chi connectivity index (χ1v) is 13.6. The van der Waals surface area contributed by atoms with Crippen molar-refractivity contribution in [2.75, 3.05) is 64.9 Å². The van der Waals surface area contributed by atoms with Crippen molar-refractivity contribution in [1.29, 1.82) is 0 Å². The second-order valence-electron chi connectivity index (χ2n) is 9.67. The maximum atomic E-state index is 12.5. The number of likely N-dealkylation sites (N-methyl/N-ethyl adjacent to an activating group) is 1. The summed E-state index contributed by atoms with van der Waals surface area (Å²) in [5, 5.41) is 14.2. The number of sulfone groups is 1. The number of hydrogen-bond donors (Lipinski definition) is 2. The Morgan fingerprint density at radius 2 is 1.44 bits per heavy atom. The van der Waals surface area contributed by atoms with Crippen molar-refractivity contribution >= 4 is 27.7 Å². The molecule has 2 N–H and O–H groups in total. The van der Waals surface area contributed by atoms with E-state index in [1.165, 1.54) is 12.8 Å². The molecule has 228 valence electrons. The average Bonchev–Trinajstić information content (AvgIpc) is 3.59. The molecule has 1 atom stereocenters. The molecule has 2 saturated heterocycles. The number of morpholine rings is 1. The number of likely N-dealkylation sites (tertiary alicyclic amines) is 1. The lowest BCUT2D eigenvalue weighted by Crippen LogP contribution is -2.73. The molecule has 1 saturated carbocycles. The van der Waals surface area contributed by atoms with E-state index in [0.717, 1.165) is 32.1 Å². The van der Waals surface area contributed by atoms with Crippen LogP contribution < -0.4 is 0 Å². The lowest BCUT2D eigenvalue weighted by atomic mass is 9.90. The predicted molar refractivity (Wildman–Crippen MR) is 124 cm³/mol. The third kappa shape index (κ3) is 11.8. The maximum absolute atomic E-state index is 12.5. The quantitative estimate of drug-likeness (QED) is 0.405. The van der Waals surface area contributed by atoms with Crippen LogP contribution in [0.1, 0.15) is 19.8 Å². The predicted octanol–water partition coefficient (Wildman–Crippen LogP) is 0.941. The number of carbonyl (C=O) groups excluding carboxylic acids is 1. The van der Waals surface area contributed by atoms with Gasteiger partial charge in [0.2, 0.25) is 5.91 Å². The molecule has 0 bridgehead atoms. The molecule has 0 aromatic heterocycles. The normalized spacial score (nSPS) is 21.5. The minimum Gasteiger partial charge on any atom is -0.475 e. The summed E-state index contributed by atoms with van der Waals surface area (Å²) in [6.45, 7) is 5.96. The smallest absolute Gasteiger partial charge is 0.475 e. The molecular formula is C21H33F6N3O8S. The molecule has 2 heterocycles. The van der Waals surface area contributed by atoms with Crippen molar-refractivity contribution in [2.24, 2.45) is 5.92 Å². The molecule has 3 rings (SSSR count). The van der Waals surface area contributed by atoms with Gasteiger partial charge in [-0.1, -0.05) is 6.92 Å². The topological polar surface area (TPSA) is 145 Å². The number of alkyl halides is 6. The highest BCUT2D eigenvalue weighted by atomic mass is 32.2. The van der Waals surface area contributed by atoms with Crippen molar-refractivity contribution in [3.05, 3.63) is 0 Å². The van der Waals surface area contributed by atoms with Gasteiger partial charge in [0, 0.05) is 52.6 Å². The molecule has 0 aromatic rings. The molecule has 3 aliphatic rings. The third-order valence-corrected chi connectivity index (χ3v) is 7.75. The van der Waals surface area contributed by atoms with Gasteiger partial charge in [0.05, 0.1) is 12.4 Å². The summed E-state index contributed by atoms with van der Waals surface area (Å²) in [6.07, 6.45) is -7.65. The monoisotopic (exact) mass is 601 g/mol. The van der Waals surface area contributed by atoms with Crippen molar-refractivity contribution in [2.45, 2.75) is 43.8 Å². The number of ether oxygens (including phenoxy) is 1. The van der Waals surface area contributed by atoms with E-state index in [1.807, 2.05) is 0 Å². The van der Waals surface area contributed by atoms with E-state index in [4.69, 9.17) is 24.5 Å². The molecule has 3 fully saturated rings. The summed E-state index contributed by atoms with van der Waals surface area (Å²) in [6, 6.07) is -0.184. The molecule has 0 radical (unpaired) electrons. The second kappa shape index (κ2) is 13.5. The summed E-state index contributed by atoms with van der Waals surface area (Å²) in [5.41, 5.74) is -0.228. The van der Waals surface area contributed by atoms with Gasteiger partial charge in [-0.15, -0.1) is 0 Å². The zero-order valence-corrected chi connectivity index (χ0v) is 22.4. The minimum atomic E-state index is -5.08. The Morgan fingerprint density at radius 1 is 0.974 bits per heavy atom. The van der Waals surface area contributed by atoms with Gasteiger partial charge in [-0.25, -0.2) is 18.0 Å². The van der Waals surface area contributed by atoms with Crippen LogP contribution in [-0.2, 0) is 29.0 Å². The summed E-state index contributed by atoms with van der Waals surface area (Å²) in [7, 11) is 0.662. The molecule has 1 unspecified atom stereocenters. The zero-order valence-electron chi connectivity index (χ0n) is 21.6. The molecular weight excluding hydrogens is 568 g/mol. The summed E-state index contributed by atoms with van der Waals surface area (Å²) < 4.78 is 92.9. The van der Waals surface area contributed by atoms with Crippen LogP contribution in [0.25, 0.3) is 0 Å². The summed E-state index contributed by atoms with van der Waals surface area (Å²) in [5.74, 6) is -4.27. The third-order valence-electron chi connectivity index (χ3n) is 6.06. The molecule has 1 amide bonds. The van der Waals surface area contributed by atoms with Gasteiger partial charge in [0.25, 0.3) is 0 Å². The van der Waals surface area contributed by atoms with E-state index in [0.29, 0.717) is 13.2 Å². The van der Waals surface area contributed by atoms with Gasteiger partial charge in [-0.05, 0) is 18.8 Å². The van der Waals surface area contributed by atoms with Crippen LogP contribution in [0, 0.1) is 5.92 Å². The lowest BCUT2D eigenvalue weighted by molar-refractivity contribution is -0.202. The number of carboxylic acids is 2. The number of halogens is 6. The van der Waals surface area contributed by atoms with E-state index in [9.17, 15) is 39.6 Å². The Bertz CT molecular complexity index is 940. The molecule has 1 spiro atoms. The van der Waals surface area contributed by atoms with E-state index in [2.05, 4.69) is 9.80 Å². The SMILES string of the molecule is CCS(=O)(=O)CCN1CC2(C1)CN(CC1CC1)C(C(=O)N(C)C)CO2.O=C(O)C(F)(F)F.O=C(O)C(F)(F)F. The van der Waals surface area contributed by atoms with Crippen LogP contribution in [0.4, 0.5) is 26.3 Å². The Hall–Kier alpha value is -2.18. The van der Waals surface area contributed by atoms with Crippen LogP contribution in [-0.4, -0.2) is 140 Å². The fourth-order valence-electron chi connectivity index (χ4n) is 3.77. The number of carboxylic acid groups (broad SMARTS) is 2. The highest BCUT2D eigenvalue weighted by Crippen LogP contribution is 2.35. The van der Waals surface area contributed by atoms with Crippen molar-refractivity contribution in [1.82, 2.24) is 14.7 Å². The molecule has 11 nitrogen and oxygen atoms in total. The summed E-state index contributed by atoms with van der Waals surface area (Å²) in [4.78, 5) is 36.4. The average molecular weight is 602 g/mol. The Kier molecular flexibility index (Phi) is 12.0. The van der Waals surface area contributed by atoms with Gasteiger partial charge in [0.1, 0.15) is 11.6 Å². The van der Waals surface area contributed by atoms with E-state index >= 15 is 0 Å². The van der Waals surface area contributed by atoms with Gasteiger partial charge in [0.15, 0.2) is 9.84 Å². The van der Waals surface area contributed by atoms with Gasteiger partial charge < -0.3 is 19.8 Å². The van der Waals surface area contributed by atoms with E-state index < -0.39 is 34.1 Å². The van der Waals surface area contributed by atoms with Gasteiger partial charge >= 0.3 is 24.3 Å².